The molecule has 0 aliphatic heterocycles. The molecule has 0 radical (unpaired) electrons. The van der Waals surface area contributed by atoms with Gasteiger partial charge in [-0.15, -0.1) is 0 Å². The van der Waals surface area contributed by atoms with Crippen molar-refractivity contribution >= 4 is 28.7 Å². The normalized spacial score (nSPS) is 10.9. The minimum Gasteiger partial charge on any atom is -0.464 e. The number of nitrogens with zero attached hydrogens (tertiary/aromatic N) is 2. The van der Waals surface area contributed by atoms with Gasteiger partial charge in [0.25, 0.3) is 11.8 Å². The van der Waals surface area contributed by atoms with Crippen LogP contribution >= 0.6 is 0 Å². The lowest BCUT2D eigenvalue weighted by molar-refractivity contribution is 0.0951. The number of hydrogen-bond donors (Lipinski definition) is 3. The zero-order chi connectivity index (χ0) is 21.0. The largest absolute Gasteiger partial charge is 0.464 e. The van der Waals surface area contributed by atoms with Gasteiger partial charge in [0.2, 0.25) is 0 Å². The summed E-state index contributed by atoms with van der Waals surface area (Å²) in [5, 5.41) is 3.73. The van der Waals surface area contributed by atoms with Gasteiger partial charge >= 0.3 is 0 Å². The zero-order valence-electron chi connectivity index (χ0n) is 16.3. The monoisotopic (exact) mass is 393 g/mol. The smallest absolute Gasteiger partial charge is 0.280 e. The molecule has 5 N–H and O–H groups in total. The number of carbonyl (C=O) groups is 2. The molecule has 8 heteroatoms. The van der Waals surface area contributed by atoms with Gasteiger partial charge in [0.15, 0.2) is 5.96 Å². The van der Waals surface area contributed by atoms with E-state index >= 15 is 0 Å². The predicted molar refractivity (Wildman–Crippen MR) is 113 cm³/mol. The van der Waals surface area contributed by atoms with Crippen molar-refractivity contribution in [3.05, 3.63) is 59.9 Å². The standard InChI is InChI=1S/C21H23N5O3/c1-26(2)8-7-24-19(27)14-10-13(11-15(12-14)20(28)25-21(22)23)16-4-3-5-18-17(16)6-9-29-18/h3-6,9-12H,7-8H2,1-2H3,(H,24,27)(H4,22,23,25,28). The lowest BCUT2D eigenvalue weighted by Crippen LogP contribution is -2.31. The highest BCUT2D eigenvalue weighted by Gasteiger charge is 2.15. The minimum absolute atomic E-state index is 0.217. The number of nitrogens with two attached hydrogens (primary N) is 2. The third-order valence-corrected chi connectivity index (χ3v) is 4.32. The summed E-state index contributed by atoms with van der Waals surface area (Å²) in [6.45, 7) is 1.17. The van der Waals surface area contributed by atoms with Crippen LogP contribution in [-0.4, -0.2) is 49.9 Å². The second-order valence-electron chi connectivity index (χ2n) is 6.84. The van der Waals surface area contributed by atoms with E-state index in [9.17, 15) is 9.59 Å². The maximum Gasteiger partial charge on any atom is 0.280 e. The lowest BCUT2D eigenvalue weighted by Gasteiger charge is -2.12. The molecule has 2 amide bonds. The van der Waals surface area contributed by atoms with Gasteiger partial charge < -0.3 is 26.1 Å². The fourth-order valence-electron chi connectivity index (χ4n) is 2.96. The maximum atomic E-state index is 12.7. The zero-order valence-corrected chi connectivity index (χ0v) is 16.3. The fraction of sp³-hybridized carbons (Fsp3) is 0.190. The molecule has 0 unspecified atom stereocenters. The molecule has 0 saturated carbocycles. The first-order valence-electron chi connectivity index (χ1n) is 9.03. The summed E-state index contributed by atoms with van der Waals surface area (Å²) in [5.41, 5.74) is 13.5. The number of aliphatic imine (C=N–C) groups is 1. The van der Waals surface area contributed by atoms with Gasteiger partial charge in [-0.2, -0.15) is 4.99 Å². The number of amides is 2. The summed E-state index contributed by atoms with van der Waals surface area (Å²) in [5.74, 6) is -1.24. The van der Waals surface area contributed by atoms with Gasteiger partial charge in [-0.3, -0.25) is 9.59 Å². The molecule has 3 aromatic rings. The van der Waals surface area contributed by atoms with E-state index in [1.807, 2.05) is 43.3 Å². The molecule has 0 spiro atoms. The SMILES string of the molecule is CN(C)CCNC(=O)c1cc(C(=O)N=C(N)N)cc(-c2cccc3occc23)c1. The van der Waals surface area contributed by atoms with E-state index in [1.165, 1.54) is 6.07 Å². The Hall–Kier alpha value is -3.65. The number of benzene rings is 2. The fourth-order valence-corrected chi connectivity index (χ4v) is 2.96. The van der Waals surface area contributed by atoms with Crippen LogP contribution in [-0.2, 0) is 0 Å². The van der Waals surface area contributed by atoms with Crippen LogP contribution in [0.15, 0.2) is 58.1 Å². The van der Waals surface area contributed by atoms with Crippen molar-refractivity contribution in [2.75, 3.05) is 27.2 Å². The average Bonchev–Trinajstić information content (AvgIpc) is 3.15. The third kappa shape index (κ3) is 4.80. The van der Waals surface area contributed by atoms with Gasteiger partial charge in [0.05, 0.1) is 6.26 Å². The first-order valence-corrected chi connectivity index (χ1v) is 9.03. The number of carbonyl (C=O) groups excluding carboxylic acids is 2. The maximum absolute atomic E-state index is 12.7. The van der Waals surface area contributed by atoms with Crippen LogP contribution in [0.3, 0.4) is 0 Å². The van der Waals surface area contributed by atoms with E-state index < -0.39 is 5.91 Å². The van der Waals surface area contributed by atoms with Crippen LogP contribution in [0, 0.1) is 0 Å². The highest BCUT2D eigenvalue weighted by atomic mass is 16.3. The Morgan fingerprint density at radius 1 is 1.10 bits per heavy atom. The van der Waals surface area contributed by atoms with Crippen molar-refractivity contribution in [2.45, 2.75) is 0 Å². The number of rotatable bonds is 6. The third-order valence-electron chi connectivity index (χ3n) is 4.32. The highest BCUT2D eigenvalue weighted by molar-refractivity contribution is 6.06. The summed E-state index contributed by atoms with van der Waals surface area (Å²) in [6, 6.07) is 12.3. The Kier molecular flexibility index (Phi) is 5.94. The second kappa shape index (κ2) is 8.57. The van der Waals surface area contributed by atoms with E-state index in [0.717, 1.165) is 10.9 Å². The van der Waals surface area contributed by atoms with E-state index in [0.29, 0.717) is 29.8 Å². The van der Waals surface area contributed by atoms with E-state index in [1.54, 1.807) is 18.4 Å². The molecule has 1 aromatic heterocycles. The van der Waals surface area contributed by atoms with Gasteiger partial charge in [0.1, 0.15) is 5.58 Å². The van der Waals surface area contributed by atoms with Crippen LogP contribution in [0.1, 0.15) is 20.7 Å². The predicted octanol–water partition coefficient (Wildman–Crippen LogP) is 1.80. The summed E-state index contributed by atoms with van der Waals surface area (Å²) in [6.07, 6.45) is 1.59. The van der Waals surface area contributed by atoms with Crippen molar-refractivity contribution in [3.8, 4) is 11.1 Å². The lowest BCUT2D eigenvalue weighted by atomic mass is 9.97. The molecule has 0 fully saturated rings. The summed E-state index contributed by atoms with van der Waals surface area (Å²) >= 11 is 0. The van der Waals surface area contributed by atoms with E-state index in [4.69, 9.17) is 15.9 Å². The van der Waals surface area contributed by atoms with Crippen molar-refractivity contribution in [1.29, 1.82) is 0 Å². The molecule has 150 valence electrons. The molecule has 2 aromatic carbocycles. The van der Waals surface area contributed by atoms with E-state index in [2.05, 4.69) is 10.3 Å². The Morgan fingerprint density at radius 2 is 1.86 bits per heavy atom. The Bertz CT molecular complexity index is 1080. The molecule has 0 saturated heterocycles. The van der Waals surface area contributed by atoms with Crippen LogP contribution in [0.5, 0.6) is 0 Å². The number of fused-ring (bicyclic) bond motifs is 1. The van der Waals surface area contributed by atoms with Gasteiger partial charge in [0, 0.05) is 29.6 Å². The number of hydrogen-bond acceptors (Lipinski definition) is 4. The molecule has 3 rings (SSSR count). The molecule has 8 nitrogen and oxygen atoms in total. The summed E-state index contributed by atoms with van der Waals surface area (Å²) in [7, 11) is 3.84. The van der Waals surface area contributed by atoms with E-state index in [-0.39, 0.29) is 17.4 Å². The molecule has 0 atom stereocenters. The van der Waals surface area contributed by atoms with Gasteiger partial charge in [-0.05, 0) is 55.6 Å². The number of likely N-dealkylation sites (N-methyl/N-ethyl adjacent to an activating group) is 1. The van der Waals surface area contributed by atoms with Crippen LogP contribution in [0.4, 0.5) is 0 Å². The quantitative estimate of drug-likeness (QED) is 0.433. The van der Waals surface area contributed by atoms with Crippen molar-refractivity contribution in [2.24, 2.45) is 16.5 Å². The van der Waals surface area contributed by atoms with Crippen LogP contribution in [0.2, 0.25) is 0 Å². The summed E-state index contributed by atoms with van der Waals surface area (Å²) < 4.78 is 5.46. The molecule has 1 heterocycles. The average molecular weight is 393 g/mol. The first kappa shape index (κ1) is 20.1. The topological polar surface area (TPSA) is 127 Å². The molecule has 29 heavy (non-hydrogen) atoms. The van der Waals surface area contributed by atoms with Crippen molar-refractivity contribution in [3.63, 3.8) is 0 Å². The number of nitrogens with one attached hydrogen (secondary N) is 1. The van der Waals surface area contributed by atoms with Crippen LogP contribution < -0.4 is 16.8 Å². The van der Waals surface area contributed by atoms with Crippen LogP contribution in [0.25, 0.3) is 22.1 Å². The Labute approximate surface area is 168 Å². The molecule has 0 aliphatic carbocycles. The Balaban J connectivity index is 2.06. The first-order chi connectivity index (χ1) is 13.8. The molecular weight excluding hydrogens is 370 g/mol. The summed E-state index contributed by atoms with van der Waals surface area (Å²) in [4.78, 5) is 30.7. The van der Waals surface area contributed by atoms with Crippen molar-refractivity contribution in [1.82, 2.24) is 10.2 Å². The van der Waals surface area contributed by atoms with Crippen molar-refractivity contribution < 1.29 is 14.0 Å². The highest BCUT2D eigenvalue weighted by Crippen LogP contribution is 2.31. The molecular formula is C21H23N5O3. The number of guanidine groups is 1. The van der Waals surface area contributed by atoms with Gasteiger partial charge in [-0.25, -0.2) is 0 Å². The second-order valence-corrected chi connectivity index (χ2v) is 6.84. The van der Waals surface area contributed by atoms with Gasteiger partial charge in [-0.1, -0.05) is 12.1 Å². The molecule has 0 bridgehead atoms. The minimum atomic E-state index is -0.617. The molecule has 0 aliphatic rings. The Morgan fingerprint density at radius 3 is 2.59 bits per heavy atom. The number of furan rings is 1.